The van der Waals surface area contributed by atoms with Crippen LogP contribution in [0.3, 0.4) is 0 Å². The number of fused-ring (bicyclic) bond motifs is 2. The molecule has 0 bridgehead atoms. The molecule has 0 unspecified atom stereocenters. The van der Waals surface area contributed by atoms with Gasteiger partial charge in [0.15, 0.2) is 6.79 Å². The number of hydrogen-bond acceptors (Lipinski definition) is 5. The Hall–Kier alpha value is -3.44. The first-order chi connectivity index (χ1) is 13.2. The van der Waals surface area contributed by atoms with E-state index < -0.39 is 0 Å². The van der Waals surface area contributed by atoms with Crippen LogP contribution in [0.15, 0.2) is 66.7 Å². The van der Waals surface area contributed by atoms with Crippen LogP contribution in [0.4, 0.5) is 0 Å². The minimum Gasteiger partial charge on any atom is -0.507 e. The van der Waals surface area contributed by atoms with E-state index >= 15 is 0 Å². The molecule has 0 aliphatic rings. The zero-order chi connectivity index (χ0) is 18.8. The summed E-state index contributed by atoms with van der Waals surface area (Å²) < 4.78 is 16.7. The topological polar surface area (TPSA) is 68.2 Å². The van der Waals surface area contributed by atoms with Crippen molar-refractivity contribution in [1.82, 2.24) is 0 Å². The Morgan fingerprint density at radius 3 is 2.19 bits per heavy atom. The van der Waals surface area contributed by atoms with Gasteiger partial charge >= 0.3 is 0 Å². The second kappa shape index (κ2) is 7.05. The van der Waals surface area contributed by atoms with Crippen LogP contribution in [-0.2, 0) is 4.74 Å². The highest BCUT2D eigenvalue weighted by molar-refractivity contribution is 5.99. The molecular formula is C22H18O5. The van der Waals surface area contributed by atoms with Gasteiger partial charge in [0.2, 0.25) is 0 Å². The fourth-order valence-corrected chi connectivity index (χ4v) is 3.12. The van der Waals surface area contributed by atoms with Crippen LogP contribution in [0.25, 0.3) is 21.5 Å². The highest BCUT2D eigenvalue weighted by Crippen LogP contribution is 2.42. The van der Waals surface area contributed by atoms with Gasteiger partial charge in [0.1, 0.15) is 28.7 Å². The molecule has 5 heteroatoms. The van der Waals surface area contributed by atoms with E-state index in [4.69, 9.17) is 14.2 Å². The smallest absolute Gasteiger partial charge is 0.188 e. The maximum Gasteiger partial charge on any atom is 0.188 e. The number of ether oxygens (including phenoxy) is 3. The molecule has 0 radical (unpaired) electrons. The van der Waals surface area contributed by atoms with Gasteiger partial charge in [-0.3, -0.25) is 0 Å². The first-order valence-corrected chi connectivity index (χ1v) is 8.44. The van der Waals surface area contributed by atoms with Crippen LogP contribution in [0, 0.1) is 0 Å². The van der Waals surface area contributed by atoms with Gasteiger partial charge in [0, 0.05) is 23.3 Å². The van der Waals surface area contributed by atoms with Crippen LogP contribution in [0.1, 0.15) is 0 Å². The van der Waals surface area contributed by atoms with Crippen LogP contribution < -0.4 is 9.47 Å². The van der Waals surface area contributed by atoms with Gasteiger partial charge < -0.3 is 24.4 Å². The normalized spacial score (nSPS) is 11.0. The van der Waals surface area contributed by atoms with Gasteiger partial charge in [0.25, 0.3) is 0 Å². The van der Waals surface area contributed by atoms with Crippen molar-refractivity contribution >= 4 is 21.5 Å². The molecule has 0 amide bonds. The average Bonchev–Trinajstić information content (AvgIpc) is 2.70. The van der Waals surface area contributed by atoms with Crippen molar-refractivity contribution in [3.63, 3.8) is 0 Å². The highest BCUT2D eigenvalue weighted by Gasteiger charge is 2.14. The summed E-state index contributed by atoms with van der Waals surface area (Å²) >= 11 is 0. The molecule has 0 spiro atoms. The van der Waals surface area contributed by atoms with Crippen molar-refractivity contribution in [2.45, 2.75) is 0 Å². The Morgan fingerprint density at radius 1 is 0.667 bits per heavy atom. The van der Waals surface area contributed by atoms with Crippen LogP contribution >= 0.6 is 0 Å². The first-order valence-electron chi connectivity index (χ1n) is 8.44. The number of benzene rings is 4. The van der Waals surface area contributed by atoms with Crippen molar-refractivity contribution in [3.8, 4) is 28.7 Å². The summed E-state index contributed by atoms with van der Waals surface area (Å²) in [5.41, 5.74) is 0. The number of methoxy groups -OCH3 is 1. The number of phenolic OH excluding ortho intramolecular Hbond substituents is 2. The fraction of sp³-hybridized carbons (Fsp3) is 0.0909. The lowest BCUT2D eigenvalue weighted by Gasteiger charge is -2.15. The number of rotatable bonds is 5. The Balaban J connectivity index is 1.85. The maximum absolute atomic E-state index is 10.4. The summed E-state index contributed by atoms with van der Waals surface area (Å²) in [4.78, 5) is 0. The second-order valence-electron chi connectivity index (χ2n) is 6.04. The molecule has 4 aromatic rings. The van der Waals surface area contributed by atoms with Crippen LogP contribution in [0.5, 0.6) is 28.7 Å². The van der Waals surface area contributed by atoms with Crippen molar-refractivity contribution < 1.29 is 24.4 Å². The molecule has 136 valence electrons. The fourth-order valence-electron chi connectivity index (χ4n) is 3.12. The quantitative estimate of drug-likeness (QED) is 0.479. The standard InChI is InChI=1S/C22H18O5/c1-25-13-26-19-11-10-18(24)22-16(19)7-4-8-21(22)27-20-12-9-17(23)14-5-2-3-6-15(14)20/h2-12,23-24H,13H2,1H3. The van der Waals surface area contributed by atoms with Crippen molar-refractivity contribution in [2.24, 2.45) is 0 Å². The van der Waals surface area contributed by atoms with Crippen molar-refractivity contribution in [2.75, 3.05) is 13.9 Å². The predicted molar refractivity (Wildman–Crippen MR) is 104 cm³/mol. The first kappa shape index (κ1) is 17.0. The van der Waals surface area contributed by atoms with E-state index in [9.17, 15) is 10.2 Å². The minimum atomic E-state index is 0.0912. The van der Waals surface area contributed by atoms with E-state index in [2.05, 4.69) is 0 Å². The van der Waals surface area contributed by atoms with Crippen LogP contribution in [-0.4, -0.2) is 24.1 Å². The molecule has 0 atom stereocenters. The van der Waals surface area contributed by atoms with Crippen molar-refractivity contribution in [1.29, 1.82) is 0 Å². The predicted octanol–water partition coefficient (Wildman–Crippen LogP) is 5.18. The van der Waals surface area contributed by atoms with Gasteiger partial charge in [0.05, 0.1) is 5.39 Å². The summed E-state index contributed by atoms with van der Waals surface area (Å²) in [6.45, 7) is 0.105. The number of aromatic hydroxyl groups is 2. The lowest BCUT2D eigenvalue weighted by molar-refractivity contribution is 0.0522. The van der Waals surface area contributed by atoms with Gasteiger partial charge in [-0.1, -0.05) is 36.4 Å². The lowest BCUT2D eigenvalue weighted by atomic mass is 10.1. The van der Waals surface area contributed by atoms with Gasteiger partial charge in [-0.25, -0.2) is 0 Å². The third kappa shape index (κ3) is 3.09. The molecule has 0 heterocycles. The van der Waals surface area contributed by atoms with Crippen molar-refractivity contribution in [3.05, 3.63) is 66.7 Å². The summed E-state index contributed by atoms with van der Waals surface area (Å²) in [6.07, 6.45) is 0. The molecule has 27 heavy (non-hydrogen) atoms. The highest BCUT2D eigenvalue weighted by atomic mass is 16.7. The minimum absolute atomic E-state index is 0.0912. The molecule has 0 saturated carbocycles. The summed E-state index contributed by atoms with van der Waals surface area (Å²) in [6, 6.07) is 19.5. The lowest BCUT2D eigenvalue weighted by Crippen LogP contribution is -1.99. The van der Waals surface area contributed by atoms with E-state index in [1.807, 2.05) is 36.4 Å². The SMILES string of the molecule is COCOc1ccc(O)c2c(Oc3ccc(O)c4ccccc34)cccc12. The van der Waals surface area contributed by atoms with E-state index in [1.54, 1.807) is 37.4 Å². The monoisotopic (exact) mass is 362 g/mol. The molecule has 4 rings (SSSR count). The summed E-state index contributed by atoms with van der Waals surface area (Å²) in [5.74, 6) is 1.94. The van der Waals surface area contributed by atoms with E-state index in [-0.39, 0.29) is 18.3 Å². The molecule has 0 aromatic heterocycles. The van der Waals surface area contributed by atoms with E-state index in [1.165, 1.54) is 0 Å². The Kier molecular flexibility index (Phi) is 4.44. The molecule has 2 N–H and O–H groups in total. The Bertz CT molecular complexity index is 1120. The second-order valence-corrected chi connectivity index (χ2v) is 6.04. The zero-order valence-electron chi connectivity index (χ0n) is 14.7. The molecule has 4 aromatic carbocycles. The van der Waals surface area contributed by atoms with Gasteiger partial charge in [-0.05, 0) is 30.3 Å². The Labute approximate surface area is 156 Å². The third-order valence-corrected chi connectivity index (χ3v) is 4.35. The van der Waals surface area contributed by atoms with Gasteiger partial charge in [-0.15, -0.1) is 0 Å². The third-order valence-electron chi connectivity index (χ3n) is 4.35. The number of phenols is 2. The van der Waals surface area contributed by atoms with Gasteiger partial charge in [-0.2, -0.15) is 0 Å². The zero-order valence-corrected chi connectivity index (χ0v) is 14.7. The molecule has 0 aliphatic heterocycles. The molecule has 5 nitrogen and oxygen atoms in total. The molecule has 0 saturated heterocycles. The van der Waals surface area contributed by atoms with E-state index in [0.29, 0.717) is 33.4 Å². The number of hydrogen-bond donors (Lipinski definition) is 2. The molecule has 0 fully saturated rings. The maximum atomic E-state index is 10.4. The Morgan fingerprint density at radius 2 is 1.37 bits per heavy atom. The largest absolute Gasteiger partial charge is 0.507 e. The summed E-state index contributed by atoms with van der Waals surface area (Å²) in [5, 5.41) is 23.2. The summed E-state index contributed by atoms with van der Waals surface area (Å²) in [7, 11) is 1.55. The molecule has 0 aliphatic carbocycles. The van der Waals surface area contributed by atoms with E-state index in [0.717, 1.165) is 5.39 Å². The average molecular weight is 362 g/mol. The van der Waals surface area contributed by atoms with Crippen LogP contribution in [0.2, 0.25) is 0 Å². The molecular weight excluding hydrogens is 344 g/mol.